The lowest BCUT2D eigenvalue weighted by molar-refractivity contribution is -0.120. The van der Waals surface area contributed by atoms with Crippen molar-refractivity contribution in [2.24, 2.45) is 0 Å². The number of benzene rings is 2. The number of amides is 1. The fourth-order valence-corrected chi connectivity index (χ4v) is 2.62. The van der Waals surface area contributed by atoms with Crippen molar-refractivity contribution in [3.8, 4) is 0 Å². The van der Waals surface area contributed by atoms with Crippen molar-refractivity contribution < 1.29 is 4.79 Å². The van der Waals surface area contributed by atoms with E-state index in [9.17, 15) is 4.79 Å². The van der Waals surface area contributed by atoms with Crippen LogP contribution in [0.15, 0.2) is 48.5 Å². The van der Waals surface area contributed by atoms with Crippen LogP contribution < -0.4 is 10.6 Å². The number of nitrogens with zero attached hydrogens (tertiary/aromatic N) is 2. The molecule has 8 heteroatoms. The molecule has 0 bridgehead atoms. The first-order valence-electron chi connectivity index (χ1n) is 8.00. The lowest BCUT2D eigenvalue weighted by Gasteiger charge is -2.05. The summed E-state index contributed by atoms with van der Waals surface area (Å²) in [5.74, 6) is 0.921. The fourth-order valence-electron chi connectivity index (χ4n) is 2.29. The molecule has 6 nitrogen and oxygen atoms in total. The van der Waals surface area contributed by atoms with E-state index in [1.54, 1.807) is 18.2 Å². The third kappa shape index (κ3) is 5.21. The number of halogens is 2. The Hall–Kier alpha value is -2.57. The highest BCUT2D eigenvalue weighted by molar-refractivity contribution is 6.31. The van der Waals surface area contributed by atoms with Gasteiger partial charge in [0.1, 0.15) is 5.82 Å². The molecular formula is C18H17Cl2N5O. The maximum absolute atomic E-state index is 12.0. The number of aromatic nitrogens is 3. The number of hydrogen-bond acceptors (Lipinski definition) is 4. The highest BCUT2D eigenvalue weighted by atomic mass is 35.5. The molecule has 3 rings (SSSR count). The number of carbonyl (C=O) groups excluding carboxylic acids is 1. The minimum Gasteiger partial charge on any atom is -0.378 e. The average Bonchev–Trinajstić information content (AvgIpc) is 3.08. The van der Waals surface area contributed by atoms with Gasteiger partial charge in [-0.3, -0.25) is 9.89 Å². The zero-order valence-electron chi connectivity index (χ0n) is 13.8. The molecule has 0 atom stereocenters. The van der Waals surface area contributed by atoms with Gasteiger partial charge in [-0.2, -0.15) is 5.10 Å². The van der Waals surface area contributed by atoms with E-state index < -0.39 is 0 Å². The van der Waals surface area contributed by atoms with Crippen molar-refractivity contribution in [3.05, 3.63) is 75.8 Å². The number of anilines is 1. The fraction of sp³-hybridized carbons (Fsp3) is 0.167. The van der Waals surface area contributed by atoms with E-state index >= 15 is 0 Å². The van der Waals surface area contributed by atoms with Crippen LogP contribution in [-0.4, -0.2) is 21.1 Å². The van der Waals surface area contributed by atoms with Gasteiger partial charge < -0.3 is 10.6 Å². The SMILES string of the molecule is O=C(Cc1n[nH]c(CNc2ccc(Cl)cc2)n1)NCc1ccccc1Cl. The van der Waals surface area contributed by atoms with Gasteiger partial charge in [0.05, 0.1) is 13.0 Å². The van der Waals surface area contributed by atoms with Gasteiger partial charge in [-0.1, -0.05) is 41.4 Å². The third-order valence-electron chi connectivity index (χ3n) is 3.63. The first-order valence-corrected chi connectivity index (χ1v) is 8.75. The summed E-state index contributed by atoms with van der Waals surface area (Å²) < 4.78 is 0. The molecule has 1 aromatic heterocycles. The molecule has 3 aromatic rings. The zero-order chi connectivity index (χ0) is 18.4. The second-order valence-electron chi connectivity index (χ2n) is 5.60. The second kappa shape index (κ2) is 8.69. The predicted octanol–water partition coefficient (Wildman–Crippen LogP) is 3.58. The van der Waals surface area contributed by atoms with Gasteiger partial charge in [-0.05, 0) is 35.9 Å². The number of aromatic amines is 1. The highest BCUT2D eigenvalue weighted by Crippen LogP contribution is 2.15. The highest BCUT2D eigenvalue weighted by Gasteiger charge is 2.09. The standard InChI is InChI=1S/C18H17Cl2N5O/c19-13-5-7-14(8-6-13)21-11-17-23-16(24-25-17)9-18(26)22-10-12-3-1-2-4-15(12)20/h1-8,21H,9-11H2,(H,22,26)(H,23,24,25). The molecule has 0 saturated carbocycles. The lowest BCUT2D eigenvalue weighted by Crippen LogP contribution is -2.25. The Morgan fingerprint density at radius 2 is 1.81 bits per heavy atom. The maximum Gasteiger partial charge on any atom is 0.228 e. The Morgan fingerprint density at radius 3 is 2.58 bits per heavy atom. The van der Waals surface area contributed by atoms with Crippen LogP contribution in [-0.2, 0) is 24.3 Å². The number of H-pyrrole nitrogens is 1. The van der Waals surface area contributed by atoms with E-state index in [-0.39, 0.29) is 12.3 Å². The van der Waals surface area contributed by atoms with Crippen molar-refractivity contribution in [1.82, 2.24) is 20.5 Å². The molecule has 0 saturated heterocycles. The number of carbonyl (C=O) groups is 1. The molecule has 0 aliphatic rings. The van der Waals surface area contributed by atoms with Crippen LogP contribution in [0, 0.1) is 0 Å². The van der Waals surface area contributed by atoms with Crippen LogP contribution in [0.25, 0.3) is 0 Å². The first-order chi connectivity index (χ1) is 12.6. The van der Waals surface area contributed by atoms with E-state index in [1.807, 2.05) is 30.3 Å². The molecule has 1 amide bonds. The molecule has 0 aliphatic heterocycles. The summed E-state index contributed by atoms with van der Waals surface area (Å²) in [5, 5.41) is 14.2. The van der Waals surface area contributed by atoms with Crippen LogP contribution in [0.1, 0.15) is 17.2 Å². The van der Waals surface area contributed by atoms with Crippen molar-refractivity contribution in [2.45, 2.75) is 19.5 Å². The van der Waals surface area contributed by atoms with Crippen molar-refractivity contribution in [3.63, 3.8) is 0 Å². The molecule has 0 unspecified atom stereocenters. The Morgan fingerprint density at radius 1 is 1.04 bits per heavy atom. The van der Waals surface area contributed by atoms with E-state index in [4.69, 9.17) is 23.2 Å². The molecule has 3 N–H and O–H groups in total. The Labute approximate surface area is 160 Å². The Kier molecular flexibility index (Phi) is 6.09. The quantitative estimate of drug-likeness (QED) is 0.576. The topological polar surface area (TPSA) is 82.7 Å². The summed E-state index contributed by atoms with van der Waals surface area (Å²) in [6.07, 6.45) is 0.0991. The molecule has 0 aliphatic carbocycles. The van der Waals surface area contributed by atoms with Crippen LogP contribution >= 0.6 is 23.2 Å². The third-order valence-corrected chi connectivity index (χ3v) is 4.26. The number of nitrogens with one attached hydrogen (secondary N) is 3. The summed E-state index contributed by atoms with van der Waals surface area (Å²) in [6, 6.07) is 14.7. The minimum absolute atomic E-state index is 0.0991. The minimum atomic E-state index is -0.166. The molecule has 0 spiro atoms. The molecule has 134 valence electrons. The van der Waals surface area contributed by atoms with E-state index in [0.717, 1.165) is 11.3 Å². The van der Waals surface area contributed by atoms with Crippen LogP contribution in [0.3, 0.4) is 0 Å². The van der Waals surface area contributed by atoms with Gasteiger partial charge in [-0.15, -0.1) is 0 Å². The zero-order valence-corrected chi connectivity index (χ0v) is 15.3. The Balaban J connectivity index is 1.47. The van der Waals surface area contributed by atoms with E-state index in [0.29, 0.717) is 34.8 Å². The maximum atomic E-state index is 12.0. The molecule has 1 heterocycles. The second-order valence-corrected chi connectivity index (χ2v) is 6.45. The molecular weight excluding hydrogens is 373 g/mol. The summed E-state index contributed by atoms with van der Waals surface area (Å²) in [7, 11) is 0. The van der Waals surface area contributed by atoms with Crippen molar-refractivity contribution in [1.29, 1.82) is 0 Å². The van der Waals surface area contributed by atoms with Crippen LogP contribution in [0.2, 0.25) is 10.0 Å². The molecule has 0 fully saturated rings. The average molecular weight is 390 g/mol. The summed E-state index contributed by atoms with van der Waals surface area (Å²) in [6.45, 7) is 0.837. The monoisotopic (exact) mass is 389 g/mol. The molecule has 2 aromatic carbocycles. The van der Waals surface area contributed by atoms with Crippen LogP contribution in [0.4, 0.5) is 5.69 Å². The van der Waals surface area contributed by atoms with Gasteiger partial charge in [0.25, 0.3) is 0 Å². The Bertz CT molecular complexity index is 879. The smallest absolute Gasteiger partial charge is 0.228 e. The lowest BCUT2D eigenvalue weighted by atomic mass is 10.2. The van der Waals surface area contributed by atoms with E-state index in [2.05, 4.69) is 25.8 Å². The predicted molar refractivity (Wildman–Crippen MR) is 102 cm³/mol. The van der Waals surface area contributed by atoms with Gasteiger partial charge in [0.15, 0.2) is 5.82 Å². The van der Waals surface area contributed by atoms with Gasteiger partial charge in [0, 0.05) is 22.3 Å². The largest absolute Gasteiger partial charge is 0.378 e. The summed E-state index contributed by atoms with van der Waals surface area (Å²) >= 11 is 11.9. The number of rotatable bonds is 7. The van der Waals surface area contributed by atoms with Gasteiger partial charge in [0.2, 0.25) is 5.91 Å². The molecule has 26 heavy (non-hydrogen) atoms. The summed E-state index contributed by atoms with van der Waals surface area (Å²) in [5.41, 5.74) is 1.79. The van der Waals surface area contributed by atoms with E-state index in [1.165, 1.54) is 0 Å². The van der Waals surface area contributed by atoms with Gasteiger partial charge >= 0.3 is 0 Å². The summed E-state index contributed by atoms with van der Waals surface area (Å²) in [4.78, 5) is 16.4. The van der Waals surface area contributed by atoms with Crippen LogP contribution in [0.5, 0.6) is 0 Å². The molecule has 0 radical (unpaired) electrons. The van der Waals surface area contributed by atoms with Crippen molar-refractivity contribution >= 4 is 34.8 Å². The number of hydrogen-bond donors (Lipinski definition) is 3. The first kappa shape index (κ1) is 18.2. The van der Waals surface area contributed by atoms with Crippen molar-refractivity contribution in [2.75, 3.05) is 5.32 Å². The van der Waals surface area contributed by atoms with Gasteiger partial charge in [-0.25, -0.2) is 4.98 Å². The normalized spacial score (nSPS) is 10.5.